The number of carbonyl (C=O) groups excluding carboxylic acids is 1. The first-order valence-corrected chi connectivity index (χ1v) is 8.02. The van der Waals surface area contributed by atoms with Crippen molar-refractivity contribution in [1.29, 1.82) is 0 Å². The van der Waals surface area contributed by atoms with Gasteiger partial charge in [0, 0.05) is 42.5 Å². The van der Waals surface area contributed by atoms with Crippen molar-refractivity contribution in [3.8, 4) is 0 Å². The Hall–Kier alpha value is -2.15. The van der Waals surface area contributed by atoms with E-state index in [0.29, 0.717) is 17.3 Å². The van der Waals surface area contributed by atoms with E-state index in [-0.39, 0.29) is 17.8 Å². The van der Waals surface area contributed by atoms with Crippen molar-refractivity contribution in [2.45, 2.75) is 38.8 Å². The number of rotatable bonds is 2. The molecule has 124 valence electrons. The number of benzene rings is 1. The standard InChI is InChI=1S/C16H22N4O3/c1-11-8-13(5-6-15(11)20(22)23)17-16(21)19-10-14-4-3-7-18(14)9-12(19)2/h5-6,8,12,14H,3-4,7,9-10H2,1-2H3,(H,17,21)/t12-,14+/m1/s1. The molecule has 2 amide bonds. The van der Waals surface area contributed by atoms with Crippen molar-refractivity contribution in [1.82, 2.24) is 9.80 Å². The van der Waals surface area contributed by atoms with Crippen LogP contribution in [0.2, 0.25) is 0 Å². The molecule has 2 aliphatic heterocycles. The fourth-order valence-corrected chi connectivity index (χ4v) is 3.60. The summed E-state index contributed by atoms with van der Waals surface area (Å²) in [6, 6.07) is 5.17. The molecule has 23 heavy (non-hydrogen) atoms. The van der Waals surface area contributed by atoms with Gasteiger partial charge in [0.2, 0.25) is 0 Å². The number of piperazine rings is 1. The van der Waals surface area contributed by atoms with Crippen LogP contribution in [0.4, 0.5) is 16.2 Å². The molecule has 0 unspecified atom stereocenters. The molecular weight excluding hydrogens is 296 g/mol. The zero-order valence-corrected chi connectivity index (χ0v) is 13.5. The van der Waals surface area contributed by atoms with Gasteiger partial charge in [0.1, 0.15) is 0 Å². The van der Waals surface area contributed by atoms with Crippen molar-refractivity contribution in [3.05, 3.63) is 33.9 Å². The van der Waals surface area contributed by atoms with Gasteiger partial charge in [0.05, 0.1) is 4.92 Å². The number of carbonyl (C=O) groups is 1. The van der Waals surface area contributed by atoms with E-state index in [9.17, 15) is 14.9 Å². The summed E-state index contributed by atoms with van der Waals surface area (Å²) in [5.74, 6) is 0. The van der Waals surface area contributed by atoms with Gasteiger partial charge in [-0.25, -0.2) is 4.79 Å². The molecule has 3 rings (SSSR count). The molecule has 0 spiro atoms. The average molecular weight is 318 g/mol. The van der Waals surface area contributed by atoms with Gasteiger partial charge in [-0.1, -0.05) is 0 Å². The molecule has 2 fully saturated rings. The third kappa shape index (κ3) is 3.14. The van der Waals surface area contributed by atoms with Gasteiger partial charge in [-0.3, -0.25) is 15.0 Å². The zero-order valence-electron chi connectivity index (χ0n) is 13.5. The summed E-state index contributed by atoms with van der Waals surface area (Å²) in [6.07, 6.45) is 2.35. The van der Waals surface area contributed by atoms with E-state index in [1.807, 2.05) is 4.90 Å². The second-order valence-electron chi connectivity index (χ2n) is 6.48. The molecular formula is C16H22N4O3. The summed E-state index contributed by atoms with van der Waals surface area (Å²) in [5.41, 5.74) is 1.21. The lowest BCUT2D eigenvalue weighted by molar-refractivity contribution is -0.385. The van der Waals surface area contributed by atoms with Gasteiger partial charge in [-0.05, 0) is 45.4 Å². The maximum atomic E-state index is 12.6. The molecule has 1 aromatic rings. The fourth-order valence-electron chi connectivity index (χ4n) is 3.60. The van der Waals surface area contributed by atoms with E-state index >= 15 is 0 Å². The molecule has 0 radical (unpaired) electrons. The minimum Gasteiger partial charge on any atom is -0.319 e. The van der Waals surface area contributed by atoms with Gasteiger partial charge in [-0.2, -0.15) is 0 Å². The van der Waals surface area contributed by atoms with Crippen molar-refractivity contribution in [2.75, 3.05) is 25.0 Å². The summed E-state index contributed by atoms with van der Waals surface area (Å²) >= 11 is 0. The Morgan fingerprint density at radius 3 is 2.87 bits per heavy atom. The molecule has 0 bridgehead atoms. The maximum absolute atomic E-state index is 12.6. The number of nitrogens with zero attached hydrogens (tertiary/aromatic N) is 3. The highest BCUT2D eigenvalue weighted by Gasteiger charge is 2.36. The maximum Gasteiger partial charge on any atom is 0.322 e. The highest BCUT2D eigenvalue weighted by Crippen LogP contribution is 2.26. The SMILES string of the molecule is Cc1cc(NC(=O)N2C[C@@H]3CCCN3C[C@H]2C)ccc1[N+](=O)[O-]. The third-order valence-corrected chi connectivity index (χ3v) is 4.84. The first-order valence-electron chi connectivity index (χ1n) is 8.02. The summed E-state index contributed by atoms with van der Waals surface area (Å²) in [7, 11) is 0. The Morgan fingerprint density at radius 2 is 2.17 bits per heavy atom. The van der Waals surface area contributed by atoms with Crippen LogP contribution in [0.1, 0.15) is 25.3 Å². The summed E-state index contributed by atoms with van der Waals surface area (Å²) in [6.45, 7) is 6.53. The minimum atomic E-state index is -0.414. The Balaban J connectivity index is 1.69. The van der Waals surface area contributed by atoms with Gasteiger partial charge in [-0.15, -0.1) is 0 Å². The highest BCUT2D eigenvalue weighted by atomic mass is 16.6. The fraction of sp³-hybridized carbons (Fsp3) is 0.562. The molecule has 0 saturated carbocycles. The molecule has 7 nitrogen and oxygen atoms in total. The van der Waals surface area contributed by atoms with E-state index < -0.39 is 4.92 Å². The lowest BCUT2D eigenvalue weighted by Crippen LogP contribution is -2.57. The molecule has 2 heterocycles. The number of hydrogen-bond acceptors (Lipinski definition) is 4. The van der Waals surface area contributed by atoms with Crippen molar-refractivity contribution in [2.24, 2.45) is 0 Å². The molecule has 0 aromatic heterocycles. The summed E-state index contributed by atoms with van der Waals surface area (Å²) in [4.78, 5) is 27.3. The number of nitrogens with one attached hydrogen (secondary N) is 1. The molecule has 2 saturated heterocycles. The number of hydrogen-bond donors (Lipinski definition) is 1. The van der Waals surface area contributed by atoms with Crippen LogP contribution >= 0.6 is 0 Å². The van der Waals surface area contributed by atoms with E-state index in [1.54, 1.807) is 19.1 Å². The average Bonchev–Trinajstić information content (AvgIpc) is 2.93. The number of aryl methyl sites for hydroxylation is 1. The summed E-state index contributed by atoms with van der Waals surface area (Å²) in [5, 5.41) is 13.7. The second-order valence-corrected chi connectivity index (χ2v) is 6.48. The molecule has 2 atom stereocenters. The molecule has 0 aliphatic carbocycles. The van der Waals surface area contributed by atoms with Gasteiger partial charge in [0.15, 0.2) is 0 Å². The predicted octanol–water partition coefficient (Wildman–Crippen LogP) is 2.60. The van der Waals surface area contributed by atoms with Crippen molar-refractivity contribution in [3.63, 3.8) is 0 Å². The third-order valence-electron chi connectivity index (χ3n) is 4.84. The van der Waals surface area contributed by atoms with Gasteiger partial charge in [0.25, 0.3) is 5.69 Å². The lowest BCUT2D eigenvalue weighted by Gasteiger charge is -2.42. The first kappa shape index (κ1) is 15.7. The zero-order chi connectivity index (χ0) is 16.6. The highest BCUT2D eigenvalue weighted by molar-refractivity contribution is 5.90. The van der Waals surface area contributed by atoms with E-state index in [0.717, 1.165) is 26.1 Å². The Bertz CT molecular complexity index is 634. The molecule has 2 aliphatic rings. The van der Waals surface area contributed by atoms with Crippen LogP contribution in [0.3, 0.4) is 0 Å². The Labute approximate surface area is 135 Å². The first-order chi connectivity index (χ1) is 11.0. The predicted molar refractivity (Wildman–Crippen MR) is 87.6 cm³/mol. The quantitative estimate of drug-likeness (QED) is 0.671. The number of urea groups is 1. The monoisotopic (exact) mass is 318 g/mol. The van der Waals surface area contributed by atoms with Crippen LogP contribution in [0.15, 0.2) is 18.2 Å². The number of nitro benzene ring substituents is 1. The normalized spacial score (nSPS) is 24.3. The largest absolute Gasteiger partial charge is 0.322 e. The van der Waals surface area contributed by atoms with Crippen LogP contribution in [0.5, 0.6) is 0 Å². The number of amides is 2. The van der Waals surface area contributed by atoms with Crippen LogP contribution in [0.25, 0.3) is 0 Å². The summed E-state index contributed by atoms with van der Waals surface area (Å²) < 4.78 is 0. The molecule has 7 heteroatoms. The topological polar surface area (TPSA) is 78.7 Å². The van der Waals surface area contributed by atoms with Crippen LogP contribution < -0.4 is 5.32 Å². The minimum absolute atomic E-state index is 0.0657. The van der Waals surface area contributed by atoms with Crippen molar-refractivity contribution >= 4 is 17.4 Å². The second kappa shape index (κ2) is 6.16. The van der Waals surface area contributed by atoms with Crippen LogP contribution in [-0.4, -0.2) is 52.5 Å². The molecule has 1 aromatic carbocycles. The Kier molecular flexibility index (Phi) is 4.21. The number of anilines is 1. The number of nitro groups is 1. The van der Waals surface area contributed by atoms with E-state index in [2.05, 4.69) is 17.1 Å². The number of fused-ring (bicyclic) bond motifs is 1. The smallest absolute Gasteiger partial charge is 0.319 e. The van der Waals surface area contributed by atoms with E-state index in [4.69, 9.17) is 0 Å². The van der Waals surface area contributed by atoms with Gasteiger partial charge >= 0.3 is 6.03 Å². The lowest BCUT2D eigenvalue weighted by atomic mass is 10.1. The van der Waals surface area contributed by atoms with Crippen LogP contribution in [0, 0.1) is 17.0 Å². The van der Waals surface area contributed by atoms with Crippen LogP contribution in [-0.2, 0) is 0 Å². The van der Waals surface area contributed by atoms with Crippen molar-refractivity contribution < 1.29 is 9.72 Å². The Morgan fingerprint density at radius 1 is 1.39 bits per heavy atom. The molecule has 1 N–H and O–H groups in total. The van der Waals surface area contributed by atoms with E-state index in [1.165, 1.54) is 12.5 Å². The van der Waals surface area contributed by atoms with Gasteiger partial charge < -0.3 is 10.2 Å².